The van der Waals surface area contributed by atoms with Crippen LogP contribution in [0, 0.1) is 0 Å². The molecule has 0 radical (unpaired) electrons. The van der Waals surface area contributed by atoms with Crippen LogP contribution in [0.2, 0.25) is 5.02 Å². The molecule has 1 N–H and O–H groups in total. The maximum absolute atomic E-state index is 13.0. The van der Waals surface area contributed by atoms with Crippen LogP contribution < -0.4 is 10.1 Å². The van der Waals surface area contributed by atoms with Gasteiger partial charge in [-0.05, 0) is 25.1 Å². The van der Waals surface area contributed by atoms with Crippen LogP contribution in [0.4, 0.5) is 27.6 Å². The van der Waals surface area contributed by atoms with E-state index in [-0.39, 0.29) is 27.3 Å². The van der Waals surface area contributed by atoms with Gasteiger partial charge in [-0.15, -0.1) is 10.2 Å². The molecule has 0 aliphatic carbocycles. The first-order valence-electron chi connectivity index (χ1n) is 8.19. The fourth-order valence-electron chi connectivity index (χ4n) is 2.38. The average molecular weight is 467 g/mol. The van der Waals surface area contributed by atoms with Gasteiger partial charge in [-0.2, -0.15) is 22.0 Å². The summed E-state index contributed by atoms with van der Waals surface area (Å²) in [5.74, 6) is -0.840. The molecule has 30 heavy (non-hydrogen) atoms. The van der Waals surface area contributed by atoms with Gasteiger partial charge >= 0.3 is 12.8 Å². The van der Waals surface area contributed by atoms with E-state index in [1.54, 1.807) is 0 Å². The lowest BCUT2D eigenvalue weighted by Gasteiger charge is -2.14. The normalized spacial score (nSPS) is 12.9. The molecule has 13 heteroatoms. The second-order valence-corrected chi connectivity index (χ2v) is 7.59. The molecule has 6 nitrogen and oxygen atoms in total. The highest BCUT2D eigenvalue weighted by Crippen LogP contribution is 2.34. The monoisotopic (exact) mass is 466 g/mol. The van der Waals surface area contributed by atoms with E-state index in [1.807, 2.05) is 0 Å². The Morgan fingerprint density at radius 1 is 1.27 bits per heavy atom. The number of ether oxygens (including phenoxy) is 1. The Bertz CT molecular complexity index is 1080. The quantitative estimate of drug-likeness (QED) is 0.403. The first kappa shape index (κ1) is 22.1. The molecule has 2 heterocycles. The lowest BCUT2D eigenvalue weighted by Crippen LogP contribution is -2.23. The molecule has 0 spiro atoms. The fraction of sp³-hybridized carbons (Fsp3) is 0.235. The van der Waals surface area contributed by atoms with Crippen molar-refractivity contribution in [2.75, 3.05) is 5.32 Å². The lowest BCUT2D eigenvalue weighted by molar-refractivity contribution is -0.137. The van der Waals surface area contributed by atoms with Crippen molar-refractivity contribution in [2.45, 2.75) is 30.1 Å². The van der Waals surface area contributed by atoms with Gasteiger partial charge in [0, 0.05) is 6.20 Å². The topological polar surface area (TPSA) is 68.5 Å². The number of benzene rings is 1. The summed E-state index contributed by atoms with van der Waals surface area (Å²) in [6.07, 6.45) is -3.86. The predicted octanol–water partition coefficient (Wildman–Crippen LogP) is 5.12. The van der Waals surface area contributed by atoms with E-state index in [0.717, 1.165) is 28.4 Å². The maximum Gasteiger partial charge on any atom is 0.417 e. The standard InChI is InChI=1S/C17H12ClF5N4O2S/c1-8(14(28)24-11-4-2-3-5-12(11)29-15(19)20)30-16-26-25-13-10(18)6-9(7-27(13)16)17(21,22)23/h2-8,15H,1H3,(H,24,28). The number of fused-ring (bicyclic) bond motifs is 1. The number of halogens is 6. The average Bonchev–Trinajstić information content (AvgIpc) is 3.05. The number of carbonyl (C=O) groups is 1. The summed E-state index contributed by atoms with van der Waals surface area (Å²) in [7, 11) is 0. The largest absolute Gasteiger partial charge is 0.433 e. The van der Waals surface area contributed by atoms with Gasteiger partial charge in [0.25, 0.3) is 0 Å². The molecule has 2 aromatic heterocycles. The van der Waals surface area contributed by atoms with E-state index >= 15 is 0 Å². The maximum atomic E-state index is 13.0. The predicted molar refractivity (Wildman–Crippen MR) is 100 cm³/mol. The van der Waals surface area contributed by atoms with Crippen molar-refractivity contribution in [3.05, 3.63) is 47.1 Å². The van der Waals surface area contributed by atoms with E-state index in [1.165, 1.54) is 31.2 Å². The van der Waals surface area contributed by atoms with Crippen LogP contribution in [0.5, 0.6) is 5.75 Å². The molecule has 0 fully saturated rings. The highest BCUT2D eigenvalue weighted by molar-refractivity contribution is 8.00. The molecule has 1 unspecified atom stereocenters. The fourth-order valence-corrected chi connectivity index (χ4v) is 3.45. The number of nitrogens with one attached hydrogen (secondary N) is 1. The number of thioether (sulfide) groups is 1. The van der Waals surface area contributed by atoms with E-state index in [4.69, 9.17) is 11.6 Å². The number of hydrogen-bond acceptors (Lipinski definition) is 5. The van der Waals surface area contributed by atoms with Crippen molar-refractivity contribution in [1.82, 2.24) is 14.6 Å². The van der Waals surface area contributed by atoms with Gasteiger partial charge in [0.2, 0.25) is 5.91 Å². The third-order valence-electron chi connectivity index (χ3n) is 3.77. The van der Waals surface area contributed by atoms with E-state index in [2.05, 4.69) is 20.3 Å². The third kappa shape index (κ3) is 4.93. The molecular weight excluding hydrogens is 455 g/mol. The van der Waals surface area contributed by atoms with Crippen LogP contribution >= 0.6 is 23.4 Å². The Kier molecular flexibility index (Phi) is 6.36. The lowest BCUT2D eigenvalue weighted by atomic mass is 10.3. The summed E-state index contributed by atoms with van der Waals surface area (Å²) in [6, 6.07) is 6.32. The second-order valence-electron chi connectivity index (χ2n) is 5.87. The number of alkyl halides is 5. The molecule has 0 saturated carbocycles. The molecule has 1 aromatic carbocycles. The van der Waals surface area contributed by atoms with Crippen molar-refractivity contribution < 1.29 is 31.5 Å². The van der Waals surface area contributed by atoms with Crippen LogP contribution in [-0.4, -0.2) is 32.4 Å². The molecule has 1 atom stereocenters. The zero-order chi connectivity index (χ0) is 22.1. The number of pyridine rings is 1. The zero-order valence-electron chi connectivity index (χ0n) is 15.0. The van der Waals surface area contributed by atoms with Crippen molar-refractivity contribution in [3.63, 3.8) is 0 Å². The van der Waals surface area contributed by atoms with Crippen molar-refractivity contribution in [3.8, 4) is 5.75 Å². The van der Waals surface area contributed by atoms with E-state index < -0.39 is 29.5 Å². The van der Waals surface area contributed by atoms with E-state index in [0.29, 0.717) is 0 Å². The summed E-state index contributed by atoms with van der Waals surface area (Å²) >= 11 is 6.68. The molecule has 3 aromatic rings. The van der Waals surface area contributed by atoms with Gasteiger partial charge in [-0.25, -0.2) is 0 Å². The van der Waals surface area contributed by atoms with Crippen LogP contribution in [0.15, 0.2) is 41.7 Å². The van der Waals surface area contributed by atoms with Crippen molar-refractivity contribution in [2.24, 2.45) is 0 Å². The number of aromatic nitrogens is 3. The number of anilines is 1. The first-order valence-corrected chi connectivity index (χ1v) is 9.45. The smallest absolute Gasteiger partial charge is 0.417 e. The molecule has 0 aliphatic heterocycles. The van der Waals surface area contributed by atoms with Gasteiger partial charge in [0.05, 0.1) is 21.5 Å². The number of carbonyl (C=O) groups excluding carboxylic acids is 1. The summed E-state index contributed by atoms with van der Waals surface area (Å²) in [4.78, 5) is 12.5. The highest BCUT2D eigenvalue weighted by Gasteiger charge is 2.32. The molecule has 1 amide bonds. The Morgan fingerprint density at radius 2 is 1.97 bits per heavy atom. The van der Waals surface area contributed by atoms with Crippen LogP contribution in [-0.2, 0) is 11.0 Å². The number of para-hydroxylation sites is 2. The minimum absolute atomic E-state index is 0.00207. The summed E-state index contributed by atoms with van der Waals surface area (Å²) in [6.45, 7) is -1.61. The van der Waals surface area contributed by atoms with Gasteiger partial charge < -0.3 is 10.1 Å². The van der Waals surface area contributed by atoms with Crippen molar-refractivity contribution >= 4 is 40.6 Å². The summed E-state index contributed by atoms with van der Waals surface area (Å²) < 4.78 is 69.5. The molecule has 3 rings (SSSR count). The highest BCUT2D eigenvalue weighted by atomic mass is 35.5. The number of hydrogen-bond donors (Lipinski definition) is 1. The SMILES string of the molecule is CC(Sc1nnc2c(Cl)cc(C(F)(F)F)cn12)C(=O)Nc1ccccc1OC(F)F. The molecular formula is C17H12ClF5N4O2S. The molecule has 0 aliphatic rings. The van der Waals surface area contributed by atoms with Gasteiger partial charge in [0.15, 0.2) is 10.8 Å². The molecule has 0 bridgehead atoms. The number of nitrogens with zero attached hydrogens (tertiary/aromatic N) is 3. The minimum Gasteiger partial charge on any atom is -0.433 e. The number of amides is 1. The van der Waals surface area contributed by atoms with E-state index in [9.17, 15) is 26.7 Å². The molecule has 0 saturated heterocycles. The first-order chi connectivity index (χ1) is 14.1. The Hall–Kier alpha value is -2.60. The van der Waals surface area contributed by atoms with Gasteiger partial charge in [-0.3, -0.25) is 9.20 Å². The summed E-state index contributed by atoms with van der Waals surface area (Å²) in [5.41, 5.74) is -0.990. The van der Waals surface area contributed by atoms with Crippen LogP contribution in [0.25, 0.3) is 5.65 Å². The zero-order valence-corrected chi connectivity index (χ0v) is 16.5. The third-order valence-corrected chi connectivity index (χ3v) is 5.10. The number of rotatable bonds is 6. The Morgan fingerprint density at radius 3 is 2.63 bits per heavy atom. The summed E-state index contributed by atoms with van der Waals surface area (Å²) in [5, 5.41) is 8.85. The Labute approximate surface area is 175 Å². The Balaban J connectivity index is 1.81. The second kappa shape index (κ2) is 8.64. The van der Waals surface area contributed by atoms with Crippen LogP contribution in [0.1, 0.15) is 12.5 Å². The van der Waals surface area contributed by atoms with Gasteiger partial charge in [0.1, 0.15) is 5.75 Å². The minimum atomic E-state index is -4.64. The van der Waals surface area contributed by atoms with Crippen molar-refractivity contribution in [1.29, 1.82) is 0 Å². The van der Waals surface area contributed by atoms with Gasteiger partial charge in [-0.1, -0.05) is 35.5 Å². The van der Waals surface area contributed by atoms with Crippen LogP contribution in [0.3, 0.4) is 0 Å². The molecule has 160 valence electrons.